The molecule has 4 atom stereocenters. The van der Waals surface area contributed by atoms with Gasteiger partial charge in [0.25, 0.3) is 0 Å². The Hall–Kier alpha value is -1.10. The molecular formula is C15H25NO4. The minimum absolute atomic E-state index is 0.110. The van der Waals surface area contributed by atoms with Gasteiger partial charge in [-0.3, -0.25) is 9.59 Å². The predicted molar refractivity (Wildman–Crippen MR) is 74.2 cm³/mol. The molecule has 2 unspecified atom stereocenters. The molecule has 0 spiro atoms. The van der Waals surface area contributed by atoms with Crippen LogP contribution in [0.15, 0.2) is 0 Å². The van der Waals surface area contributed by atoms with Crippen molar-refractivity contribution in [3.8, 4) is 0 Å². The number of carbonyl (C=O) groups is 2. The molecule has 0 bridgehead atoms. The Morgan fingerprint density at radius 1 is 1.35 bits per heavy atom. The molecule has 1 saturated heterocycles. The van der Waals surface area contributed by atoms with Crippen molar-refractivity contribution < 1.29 is 19.4 Å². The Labute approximate surface area is 120 Å². The first-order valence-electron chi connectivity index (χ1n) is 7.58. The number of carboxylic acids is 1. The molecule has 2 aliphatic rings. The molecule has 0 aromatic rings. The van der Waals surface area contributed by atoms with E-state index in [1.54, 1.807) is 0 Å². The molecule has 0 aromatic heterocycles. The molecule has 2 rings (SSSR count). The maximum atomic E-state index is 12.5. The van der Waals surface area contributed by atoms with Gasteiger partial charge in [0.1, 0.15) is 0 Å². The van der Waals surface area contributed by atoms with Crippen LogP contribution in [0.25, 0.3) is 0 Å². The molecule has 1 saturated carbocycles. The summed E-state index contributed by atoms with van der Waals surface area (Å²) in [5.74, 6) is -1.53. The van der Waals surface area contributed by atoms with Gasteiger partial charge < -0.3 is 15.2 Å². The summed E-state index contributed by atoms with van der Waals surface area (Å²) in [6, 6.07) is 0. The van der Waals surface area contributed by atoms with Crippen molar-refractivity contribution >= 4 is 11.9 Å². The first-order chi connectivity index (χ1) is 9.45. The van der Waals surface area contributed by atoms with Crippen LogP contribution in [0.5, 0.6) is 0 Å². The van der Waals surface area contributed by atoms with E-state index in [-0.39, 0.29) is 11.4 Å². The molecule has 1 aliphatic heterocycles. The molecule has 2 N–H and O–H groups in total. The third-order valence-electron chi connectivity index (χ3n) is 4.75. The topological polar surface area (TPSA) is 75.6 Å². The number of hydrogen-bond acceptors (Lipinski definition) is 3. The van der Waals surface area contributed by atoms with E-state index < -0.39 is 17.8 Å². The zero-order valence-corrected chi connectivity index (χ0v) is 12.4. The van der Waals surface area contributed by atoms with Gasteiger partial charge in [-0.25, -0.2) is 0 Å². The van der Waals surface area contributed by atoms with Crippen LogP contribution >= 0.6 is 0 Å². The largest absolute Gasteiger partial charge is 0.481 e. The number of ether oxygens (including phenoxy) is 1. The maximum Gasteiger partial charge on any atom is 0.307 e. The summed E-state index contributed by atoms with van der Waals surface area (Å²) in [5, 5.41) is 12.4. The fourth-order valence-electron chi connectivity index (χ4n) is 3.46. The molecule has 1 heterocycles. The van der Waals surface area contributed by atoms with Gasteiger partial charge in [0.2, 0.25) is 5.91 Å². The minimum atomic E-state index is -0.842. The second-order valence-electron chi connectivity index (χ2n) is 6.50. The van der Waals surface area contributed by atoms with Crippen molar-refractivity contribution in [2.75, 3.05) is 13.2 Å². The monoisotopic (exact) mass is 283 g/mol. The smallest absolute Gasteiger partial charge is 0.307 e. The molecule has 2 fully saturated rings. The van der Waals surface area contributed by atoms with Crippen LogP contribution < -0.4 is 5.32 Å². The van der Waals surface area contributed by atoms with E-state index in [1.807, 2.05) is 6.92 Å². The van der Waals surface area contributed by atoms with Gasteiger partial charge in [-0.15, -0.1) is 0 Å². The number of rotatable bonds is 4. The fourth-order valence-corrected chi connectivity index (χ4v) is 3.46. The summed E-state index contributed by atoms with van der Waals surface area (Å²) in [4.78, 5) is 23.8. The normalized spacial score (nSPS) is 37.6. The van der Waals surface area contributed by atoms with Gasteiger partial charge >= 0.3 is 5.97 Å². The second kappa shape index (κ2) is 6.12. The Kier molecular flexibility index (Phi) is 4.68. The second-order valence-corrected chi connectivity index (χ2v) is 6.50. The third-order valence-corrected chi connectivity index (χ3v) is 4.75. The number of amides is 1. The van der Waals surface area contributed by atoms with Gasteiger partial charge in [0, 0.05) is 6.61 Å². The Balaban J connectivity index is 2.01. The van der Waals surface area contributed by atoms with E-state index in [0.717, 1.165) is 25.9 Å². The average Bonchev–Trinajstić information content (AvgIpc) is 2.83. The minimum Gasteiger partial charge on any atom is -0.481 e. The molecule has 1 aliphatic carbocycles. The van der Waals surface area contributed by atoms with Crippen LogP contribution in [0.4, 0.5) is 0 Å². The predicted octanol–water partition coefficient (Wildman–Crippen LogP) is 1.81. The van der Waals surface area contributed by atoms with Gasteiger partial charge in [-0.1, -0.05) is 13.3 Å². The van der Waals surface area contributed by atoms with E-state index in [4.69, 9.17) is 4.74 Å². The zero-order valence-electron chi connectivity index (χ0n) is 12.4. The molecule has 0 radical (unpaired) electrons. The van der Waals surface area contributed by atoms with Crippen LogP contribution in [0.1, 0.15) is 46.0 Å². The van der Waals surface area contributed by atoms with Crippen LogP contribution in [0, 0.1) is 17.8 Å². The highest BCUT2D eigenvalue weighted by atomic mass is 16.5. The molecule has 5 heteroatoms. The number of aliphatic carboxylic acids is 1. The molecule has 20 heavy (non-hydrogen) atoms. The van der Waals surface area contributed by atoms with Crippen molar-refractivity contribution in [2.45, 2.75) is 51.5 Å². The van der Waals surface area contributed by atoms with Crippen LogP contribution in [-0.4, -0.2) is 35.7 Å². The average molecular weight is 283 g/mol. The summed E-state index contributed by atoms with van der Waals surface area (Å²) in [6.07, 6.45) is 4.07. The molecule has 0 aromatic carbocycles. The van der Waals surface area contributed by atoms with E-state index in [0.29, 0.717) is 25.4 Å². The highest BCUT2D eigenvalue weighted by molar-refractivity contribution is 5.85. The maximum absolute atomic E-state index is 12.5. The van der Waals surface area contributed by atoms with Crippen molar-refractivity contribution in [3.63, 3.8) is 0 Å². The molecular weight excluding hydrogens is 258 g/mol. The number of carboxylic acid groups (broad SMARTS) is 1. The summed E-state index contributed by atoms with van der Waals surface area (Å²) in [7, 11) is 0. The lowest BCUT2D eigenvalue weighted by atomic mass is 9.90. The molecule has 1 amide bonds. The van der Waals surface area contributed by atoms with E-state index >= 15 is 0 Å². The number of nitrogens with one attached hydrogen (secondary N) is 1. The Bertz CT molecular complexity index is 376. The molecule has 5 nitrogen and oxygen atoms in total. The van der Waals surface area contributed by atoms with Crippen LogP contribution in [-0.2, 0) is 14.3 Å². The summed E-state index contributed by atoms with van der Waals surface area (Å²) < 4.78 is 5.43. The lowest BCUT2D eigenvalue weighted by Gasteiger charge is -2.35. The first-order valence-corrected chi connectivity index (χ1v) is 7.58. The van der Waals surface area contributed by atoms with Crippen molar-refractivity contribution in [3.05, 3.63) is 0 Å². The summed E-state index contributed by atoms with van der Waals surface area (Å²) >= 11 is 0. The van der Waals surface area contributed by atoms with Crippen molar-refractivity contribution in [1.82, 2.24) is 5.32 Å². The SMILES string of the molecule is CCC1C[C@H](C(=O)NC2(C)CCCOC2)[C@H](C(=O)O)C1. The van der Waals surface area contributed by atoms with Crippen molar-refractivity contribution in [2.24, 2.45) is 17.8 Å². The lowest BCUT2D eigenvalue weighted by molar-refractivity contribution is -0.146. The van der Waals surface area contributed by atoms with Crippen LogP contribution in [0.3, 0.4) is 0 Å². The van der Waals surface area contributed by atoms with E-state index in [2.05, 4.69) is 12.2 Å². The van der Waals surface area contributed by atoms with E-state index in [9.17, 15) is 14.7 Å². The highest BCUT2D eigenvalue weighted by Gasteiger charge is 2.43. The fraction of sp³-hybridized carbons (Fsp3) is 0.867. The Morgan fingerprint density at radius 3 is 2.60 bits per heavy atom. The summed E-state index contributed by atoms with van der Waals surface area (Å²) in [6.45, 7) is 5.29. The van der Waals surface area contributed by atoms with Crippen molar-refractivity contribution in [1.29, 1.82) is 0 Å². The quantitative estimate of drug-likeness (QED) is 0.825. The highest BCUT2D eigenvalue weighted by Crippen LogP contribution is 2.39. The lowest BCUT2D eigenvalue weighted by Crippen LogP contribution is -2.53. The van der Waals surface area contributed by atoms with E-state index in [1.165, 1.54) is 0 Å². The van der Waals surface area contributed by atoms with Gasteiger partial charge in [-0.05, 0) is 38.5 Å². The Morgan fingerprint density at radius 2 is 2.05 bits per heavy atom. The van der Waals surface area contributed by atoms with Gasteiger partial charge in [-0.2, -0.15) is 0 Å². The first kappa shape index (κ1) is 15.3. The standard InChI is InChI=1S/C15H25NO4/c1-3-10-7-11(12(8-10)14(18)19)13(17)16-15(2)5-4-6-20-9-15/h10-12H,3-9H2,1-2H3,(H,16,17)(H,18,19)/t10?,11-,12+,15?/m0/s1. The van der Waals surface area contributed by atoms with Crippen LogP contribution in [0.2, 0.25) is 0 Å². The molecule has 114 valence electrons. The summed E-state index contributed by atoms with van der Waals surface area (Å²) in [5.41, 5.74) is -0.345. The van der Waals surface area contributed by atoms with Gasteiger partial charge in [0.05, 0.1) is 24.0 Å². The zero-order chi connectivity index (χ0) is 14.8. The van der Waals surface area contributed by atoms with Gasteiger partial charge in [0.15, 0.2) is 0 Å². The number of hydrogen-bond donors (Lipinski definition) is 2. The third kappa shape index (κ3) is 3.32. The number of carbonyl (C=O) groups excluding carboxylic acids is 1.